The molecule has 4 aliphatic rings. The Morgan fingerprint density at radius 1 is 0.708 bits per heavy atom. The molecule has 0 amide bonds. The lowest BCUT2D eigenvalue weighted by Crippen LogP contribution is -2.48. The van der Waals surface area contributed by atoms with Crippen LogP contribution in [-0.4, -0.2) is 52.1 Å². The maximum atomic E-state index is 10.4. The third-order valence-corrected chi connectivity index (χ3v) is 10.3. The van der Waals surface area contributed by atoms with Gasteiger partial charge in [0, 0.05) is 47.1 Å². The maximum absolute atomic E-state index is 10.4. The highest BCUT2D eigenvalue weighted by Crippen LogP contribution is 2.58. The minimum atomic E-state index is -1.09. The Hall–Kier alpha value is -4.90. The van der Waals surface area contributed by atoms with Crippen molar-refractivity contribution in [3.8, 4) is 46.0 Å². The van der Waals surface area contributed by atoms with Gasteiger partial charge in [-0.25, -0.2) is 0 Å². The molecule has 2 aliphatic heterocycles. The van der Waals surface area contributed by atoms with Crippen LogP contribution in [0.4, 0.5) is 0 Å². The van der Waals surface area contributed by atoms with Crippen molar-refractivity contribution in [1.82, 2.24) is 0 Å². The van der Waals surface area contributed by atoms with Crippen molar-refractivity contribution in [2.24, 2.45) is 11.8 Å². The van der Waals surface area contributed by atoms with Gasteiger partial charge in [-0.15, -0.1) is 0 Å². The minimum Gasteiger partial charge on any atom is -0.508 e. The van der Waals surface area contributed by atoms with E-state index in [4.69, 9.17) is 9.47 Å². The van der Waals surface area contributed by atoms with E-state index >= 15 is 0 Å². The number of hydrogen-bond acceptors (Lipinski definition) is 11. The lowest BCUT2D eigenvalue weighted by Gasteiger charge is -2.51. The highest BCUT2D eigenvalue weighted by Gasteiger charge is 2.53. The Balaban J connectivity index is 0.000000167. The number of allylic oxidation sites excluding steroid dienone is 1. The summed E-state index contributed by atoms with van der Waals surface area (Å²) < 4.78 is 12.4. The van der Waals surface area contributed by atoms with Crippen LogP contribution in [0.3, 0.4) is 0 Å². The van der Waals surface area contributed by atoms with E-state index in [1.54, 1.807) is 31.2 Å². The Morgan fingerprint density at radius 2 is 1.38 bits per heavy atom. The zero-order valence-corrected chi connectivity index (χ0v) is 27.0. The van der Waals surface area contributed by atoms with Crippen LogP contribution < -0.4 is 4.74 Å². The molecule has 1 saturated heterocycles. The van der Waals surface area contributed by atoms with Crippen LogP contribution in [0.15, 0.2) is 66.1 Å². The van der Waals surface area contributed by atoms with Gasteiger partial charge in [-0.05, 0) is 74.4 Å². The van der Waals surface area contributed by atoms with Crippen molar-refractivity contribution in [2.45, 2.75) is 82.0 Å². The molecule has 2 aliphatic carbocycles. The normalized spacial score (nSPS) is 28.5. The van der Waals surface area contributed by atoms with E-state index in [0.717, 1.165) is 37.7 Å². The molecule has 2 fully saturated rings. The van der Waals surface area contributed by atoms with Gasteiger partial charge in [0.2, 0.25) is 11.5 Å². The molecule has 1 saturated carbocycles. The lowest BCUT2D eigenvalue weighted by atomic mass is 9.65. The third kappa shape index (κ3) is 5.45. The molecule has 2 heterocycles. The average molecular weight is 663 g/mol. The van der Waals surface area contributed by atoms with E-state index in [1.807, 2.05) is 13.8 Å². The summed E-state index contributed by atoms with van der Waals surface area (Å²) in [6.45, 7) is 5.63. The molecule has 0 spiro atoms. The molecule has 48 heavy (non-hydrogen) atoms. The van der Waals surface area contributed by atoms with Gasteiger partial charge >= 0.3 is 0 Å². The van der Waals surface area contributed by atoms with E-state index in [0.29, 0.717) is 17.7 Å². The lowest BCUT2D eigenvalue weighted by molar-refractivity contribution is -0.138. The predicted octanol–water partition coefficient (Wildman–Crippen LogP) is 6.41. The Labute approximate surface area is 277 Å². The van der Waals surface area contributed by atoms with Crippen LogP contribution in [0, 0.1) is 11.8 Å². The van der Waals surface area contributed by atoms with Crippen molar-refractivity contribution >= 4 is 0 Å². The first-order valence-electron chi connectivity index (χ1n) is 16.1. The number of rotatable bonds is 2. The monoisotopic (exact) mass is 662 g/mol. The van der Waals surface area contributed by atoms with Gasteiger partial charge in [0.15, 0.2) is 23.0 Å². The van der Waals surface area contributed by atoms with Gasteiger partial charge in [0.25, 0.3) is 0 Å². The van der Waals surface area contributed by atoms with Gasteiger partial charge in [-0.3, -0.25) is 0 Å². The topological polar surface area (TPSA) is 201 Å². The highest BCUT2D eigenvalue weighted by atomic mass is 16.5. The van der Waals surface area contributed by atoms with Gasteiger partial charge < -0.3 is 55.4 Å². The molecule has 0 bridgehead atoms. The first-order chi connectivity index (χ1) is 22.6. The largest absolute Gasteiger partial charge is 0.508 e. The zero-order valence-electron chi connectivity index (χ0n) is 27.0. The van der Waals surface area contributed by atoms with Crippen LogP contribution in [0.2, 0.25) is 0 Å². The van der Waals surface area contributed by atoms with Crippen molar-refractivity contribution in [2.75, 3.05) is 0 Å². The van der Waals surface area contributed by atoms with Gasteiger partial charge in [-0.1, -0.05) is 26.3 Å². The Morgan fingerprint density at radius 3 is 2.08 bits per heavy atom. The van der Waals surface area contributed by atoms with E-state index < -0.39 is 40.0 Å². The van der Waals surface area contributed by atoms with Crippen molar-refractivity contribution in [3.05, 3.63) is 82.8 Å². The van der Waals surface area contributed by atoms with Gasteiger partial charge in [-0.2, -0.15) is 0 Å². The molecule has 9 N–H and O–H groups in total. The fourth-order valence-corrected chi connectivity index (χ4v) is 8.13. The van der Waals surface area contributed by atoms with E-state index in [2.05, 4.69) is 0 Å². The molecule has 11 nitrogen and oxygen atoms in total. The second kappa shape index (κ2) is 11.7. The number of phenols is 7. The minimum absolute atomic E-state index is 0.00749. The molecule has 0 radical (unpaired) electrons. The highest BCUT2D eigenvalue weighted by molar-refractivity contribution is 5.60. The summed E-state index contributed by atoms with van der Waals surface area (Å²) >= 11 is 0. The second-order valence-corrected chi connectivity index (χ2v) is 14.1. The molecule has 3 aromatic rings. The number of aromatic hydroxyl groups is 7. The van der Waals surface area contributed by atoms with Crippen LogP contribution in [0.5, 0.6) is 46.0 Å². The van der Waals surface area contributed by atoms with Crippen LogP contribution in [0.1, 0.15) is 76.0 Å². The maximum Gasteiger partial charge on any atom is 0.200 e. The number of phenolic OH excluding ortho intramolecular Hbond substituents is 7. The molecule has 11 heteroatoms. The molecule has 5 unspecified atom stereocenters. The van der Waals surface area contributed by atoms with Crippen molar-refractivity contribution < 1.29 is 55.4 Å². The first-order valence-corrected chi connectivity index (χ1v) is 16.1. The summed E-state index contributed by atoms with van der Waals surface area (Å²) in [5.41, 5.74) is -0.509. The quantitative estimate of drug-likeness (QED) is 0.137. The Kier molecular flexibility index (Phi) is 8.02. The molecular formula is C37H42O11. The van der Waals surface area contributed by atoms with Gasteiger partial charge in [0.05, 0.1) is 6.10 Å². The van der Waals surface area contributed by atoms with Gasteiger partial charge in [0.1, 0.15) is 34.2 Å². The third-order valence-electron chi connectivity index (χ3n) is 10.3. The van der Waals surface area contributed by atoms with E-state index in [1.165, 1.54) is 30.3 Å². The van der Waals surface area contributed by atoms with Crippen LogP contribution >= 0.6 is 0 Å². The number of ether oxygens (including phenoxy) is 2. The summed E-state index contributed by atoms with van der Waals surface area (Å²) in [5.74, 6) is -1.42. The van der Waals surface area contributed by atoms with Crippen LogP contribution in [-0.2, 0) is 21.4 Å². The molecule has 7 rings (SSSR count). The number of benzene rings is 3. The van der Waals surface area contributed by atoms with Crippen molar-refractivity contribution in [3.63, 3.8) is 0 Å². The number of hydrogen-bond donors (Lipinski definition) is 9. The predicted molar refractivity (Wildman–Crippen MR) is 174 cm³/mol. The second-order valence-electron chi connectivity index (χ2n) is 14.1. The fourth-order valence-electron chi connectivity index (χ4n) is 8.13. The van der Waals surface area contributed by atoms with E-state index in [9.17, 15) is 46.0 Å². The summed E-state index contributed by atoms with van der Waals surface area (Å²) in [7, 11) is 0. The summed E-state index contributed by atoms with van der Waals surface area (Å²) in [6.07, 6.45) is 7.27. The summed E-state index contributed by atoms with van der Waals surface area (Å²) in [5, 5.41) is 89.6. The molecular weight excluding hydrogens is 620 g/mol. The van der Waals surface area contributed by atoms with E-state index in [-0.39, 0.29) is 51.9 Å². The summed E-state index contributed by atoms with van der Waals surface area (Å²) in [6, 6.07) is 10.5. The average Bonchev–Trinajstić information content (AvgIpc) is 3.00. The van der Waals surface area contributed by atoms with Crippen molar-refractivity contribution in [1.29, 1.82) is 0 Å². The molecule has 3 aromatic carbocycles. The molecule has 256 valence electrons. The molecule has 0 aromatic heterocycles. The van der Waals surface area contributed by atoms with Crippen LogP contribution in [0.25, 0.3) is 0 Å². The summed E-state index contributed by atoms with van der Waals surface area (Å²) in [4.78, 5) is 0. The smallest absolute Gasteiger partial charge is 0.200 e. The first kappa shape index (κ1) is 33.0. The number of aliphatic hydroxyl groups excluding tert-OH is 2. The fraction of sp³-hybridized carbons (Fsp3) is 0.405. The zero-order chi connectivity index (χ0) is 34.8. The number of aliphatic hydroxyl groups is 2. The Bertz CT molecular complexity index is 1810. The standard InChI is InChI=1S/C19H22O5.C18H20O6/c20-12-4-5-15(17(23)8-12)19-6-2-1-3-11(19)7-14-16(22)9-13(21)10-18(14)24-19;1-17(2)8-18(3,9-4-6-11(19)14(22)13(9)21)24-16-10(17)5-7-12(20)15(16)23/h4-5,8-11,14,16,20-23H,1-3,6-7H2;4-7,19-23H,8H2,1-3H3. The SMILES string of the molecule is CC1(C)CC(C)(c2ccc(O)c(O)c2O)Oc2c1ccc(O)c2O.OC1=CC(O)C2CC3CCCCC3(c3ccc(O)cc3O)OC2=C1. The molecule has 5 atom stereocenters. The number of fused-ring (bicyclic) bond motifs is 3.